The van der Waals surface area contributed by atoms with Crippen LogP contribution < -0.4 is 5.32 Å². The monoisotopic (exact) mass is 336 g/mol. The Balaban J connectivity index is 1.61. The van der Waals surface area contributed by atoms with Gasteiger partial charge in [-0.25, -0.2) is 4.68 Å². The van der Waals surface area contributed by atoms with Crippen LogP contribution in [-0.2, 0) is 6.54 Å². The van der Waals surface area contributed by atoms with Crippen LogP contribution in [0.25, 0.3) is 11.3 Å². The minimum Gasteiger partial charge on any atom is -0.396 e. The van der Waals surface area contributed by atoms with E-state index in [1.54, 1.807) is 0 Å². The minimum absolute atomic E-state index is 0.272. The first-order valence-corrected chi connectivity index (χ1v) is 8.74. The summed E-state index contributed by atoms with van der Waals surface area (Å²) in [5.74, 6) is 0. The topological polar surface area (TPSA) is 63.0 Å². The van der Waals surface area contributed by atoms with Gasteiger partial charge in [0.15, 0.2) is 0 Å². The van der Waals surface area contributed by atoms with Crippen LogP contribution in [-0.4, -0.2) is 33.3 Å². The summed E-state index contributed by atoms with van der Waals surface area (Å²) in [6.07, 6.45) is 4.94. The van der Waals surface area contributed by atoms with Crippen molar-refractivity contribution in [3.8, 4) is 11.3 Å². The van der Waals surface area contributed by atoms with E-state index in [0.29, 0.717) is 0 Å². The van der Waals surface area contributed by atoms with Crippen LogP contribution in [0.5, 0.6) is 0 Å². The van der Waals surface area contributed by atoms with Gasteiger partial charge >= 0.3 is 0 Å². The molecular weight excluding hydrogens is 312 g/mol. The largest absolute Gasteiger partial charge is 0.396 e. The maximum Gasteiger partial charge on any atom is 0.113 e. The Labute approximate surface area is 148 Å². The highest BCUT2D eigenvalue weighted by atomic mass is 16.2. The summed E-state index contributed by atoms with van der Waals surface area (Å²) in [5.41, 5.74) is 4.22. The Morgan fingerprint density at radius 3 is 2.68 bits per heavy atom. The van der Waals surface area contributed by atoms with Crippen molar-refractivity contribution in [3.63, 3.8) is 0 Å². The molecule has 0 unspecified atom stereocenters. The maximum atomic E-state index is 8.80. The molecule has 0 atom stereocenters. The van der Waals surface area contributed by atoms with E-state index in [1.165, 1.54) is 5.56 Å². The van der Waals surface area contributed by atoms with Gasteiger partial charge < -0.3 is 10.4 Å². The highest BCUT2D eigenvalue weighted by Crippen LogP contribution is 2.20. The number of hydrogen-bond donors (Lipinski definition) is 2. The molecule has 5 heteroatoms. The van der Waals surface area contributed by atoms with Crippen molar-refractivity contribution in [1.82, 2.24) is 15.0 Å². The third-order valence-electron chi connectivity index (χ3n) is 4.05. The third kappa shape index (κ3) is 5.16. The second-order valence-corrected chi connectivity index (χ2v) is 6.08. The van der Waals surface area contributed by atoms with Crippen LogP contribution in [0.2, 0.25) is 0 Å². The molecule has 0 saturated carbocycles. The molecule has 25 heavy (non-hydrogen) atoms. The van der Waals surface area contributed by atoms with Crippen LogP contribution in [0.3, 0.4) is 0 Å². The molecule has 1 heterocycles. The summed E-state index contributed by atoms with van der Waals surface area (Å²) < 4.78 is 1.86. The van der Waals surface area contributed by atoms with Crippen LogP contribution >= 0.6 is 0 Å². The molecule has 2 aromatic carbocycles. The normalized spacial score (nSPS) is 10.8. The zero-order valence-electron chi connectivity index (χ0n) is 14.3. The molecule has 5 nitrogen and oxygen atoms in total. The smallest absolute Gasteiger partial charge is 0.113 e. The lowest BCUT2D eigenvalue weighted by Gasteiger charge is -2.07. The number of nitrogens with zero attached hydrogens (tertiary/aromatic N) is 3. The molecule has 0 saturated heterocycles. The number of benzene rings is 2. The van der Waals surface area contributed by atoms with Gasteiger partial charge in [0.2, 0.25) is 0 Å². The predicted molar refractivity (Wildman–Crippen MR) is 100 cm³/mol. The number of aromatic nitrogens is 3. The van der Waals surface area contributed by atoms with Crippen molar-refractivity contribution >= 4 is 5.69 Å². The highest BCUT2D eigenvalue weighted by Gasteiger charge is 2.05. The Morgan fingerprint density at radius 2 is 1.84 bits per heavy atom. The molecule has 2 N–H and O–H groups in total. The molecule has 0 bridgehead atoms. The summed E-state index contributed by atoms with van der Waals surface area (Å²) in [6, 6.07) is 18.5. The first-order valence-electron chi connectivity index (χ1n) is 8.74. The molecule has 1 aromatic heterocycles. The predicted octanol–water partition coefficient (Wildman–Crippen LogP) is 3.57. The van der Waals surface area contributed by atoms with Gasteiger partial charge in [-0.1, -0.05) is 47.7 Å². The van der Waals surface area contributed by atoms with Crippen molar-refractivity contribution in [2.45, 2.75) is 25.8 Å². The van der Waals surface area contributed by atoms with Gasteiger partial charge in [0.1, 0.15) is 5.69 Å². The van der Waals surface area contributed by atoms with E-state index >= 15 is 0 Å². The van der Waals surface area contributed by atoms with Gasteiger partial charge in [0.25, 0.3) is 0 Å². The van der Waals surface area contributed by atoms with E-state index in [0.717, 1.165) is 49.3 Å². The molecule has 0 fully saturated rings. The number of unbranched alkanes of at least 4 members (excludes halogenated alkanes) is 2. The van der Waals surface area contributed by atoms with Crippen molar-refractivity contribution in [3.05, 3.63) is 66.4 Å². The van der Waals surface area contributed by atoms with Crippen molar-refractivity contribution in [2.75, 3.05) is 18.5 Å². The number of aliphatic hydroxyl groups excluding tert-OH is 1. The maximum absolute atomic E-state index is 8.80. The fourth-order valence-electron chi connectivity index (χ4n) is 2.71. The van der Waals surface area contributed by atoms with Gasteiger partial charge in [-0.05, 0) is 37.0 Å². The zero-order chi connectivity index (χ0) is 17.3. The fraction of sp³-hybridized carbons (Fsp3) is 0.300. The highest BCUT2D eigenvalue weighted by molar-refractivity contribution is 5.64. The van der Waals surface area contributed by atoms with Crippen molar-refractivity contribution in [2.24, 2.45) is 0 Å². The first-order chi connectivity index (χ1) is 12.3. The minimum atomic E-state index is 0.272. The van der Waals surface area contributed by atoms with E-state index in [4.69, 9.17) is 5.11 Å². The van der Waals surface area contributed by atoms with Crippen LogP contribution in [0, 0.1) is 0 Å². The lowest BCUT2D eigenvalue weighted by Crippen LogP contribution is -2.01. The van der Waals surface area contributed by atoms with E-state index in [-0.39, 0.29) is 6.61 Å². The van der Waals surface area contributed by atoms with Crippen LogP contribution in [0.15, 0.2) is 60.8 Å². The van der Waals surface area contributed by atoms with Gasteiger partial charge in [0, 0.05) is 24.4 Å². The molecule has 0 aliphatic carbocycles. The molecule has 0 aliphatic heterocycles. The van der Waals surface area contributed by atoms with Gasteiger partial charge in [-0.3, -0.25) is 0 Å². The van der Waals surface area contributed by atoms with Gasteiger partial charge in [-0.15, -0.1) is 5.10 Å². The summed E-state index contributed by atoms with van der Waals surface area (Å²) in [5, 5.41) is 20.8. The lowest BCUT2D eigenvalue weighted by molar-refractivity contribution is 0.283. The number of rotatable bonds is 9. The Kier molecular flexibility index (Phi) is 6.17. The van der Waals surface area contributed by atoms with Crippen molar-refractivity contribution in [1.29, 1.82) is 0 Å². The second kappa shape index (κ2) is 8.99. The van der Waals surface area contributed by atoms with E-state index in [9.17, 15) is 0 Å². The molecule has 0 radical (unpaired) electrons. The summed E-state index contributed by atoms with van der Waals surface area (Å²) in [7, 11) is 0. The average Bonchev–Trinajstić information content (AvgIpc) is 3.11. The molecule has 0 spiro atoms. The quantitative estimate of drug-likeness (QED) is 0.586. The average molecular weight is 336 g/mol. The number of nitrogens with one attached hydrogen (secondary N) is 1. The second-order valence-electron chi connectivity index (χ2n) is 6.08. The summed E-state index contributed by atoms with van der Waals surface area (Å²) in [6.45, 7) is 1.90. The van der Waals surface area contributed by atoms with E-state index < -0.39 is 0 Å². The first kappa shape index (κ1) is 17.2. The van der Waals surface area contributed by atoms with Gasteiger partial charge in [0.05, 0.1) is 12.7 Å². The number of aliphatic hydroxyl groups is 1. The Hall–Kier alpha value is -2.66. The van der Waals surface area contributed by atoms with Gasteiger partial charge in [-0.2, -0.15) is 0 Å². The molecule has 130 valence electrons. The van der Waals surface area contributed by atoms with E-state index in [2.05, 4.69) is 39.9 Å². The number of anilines is 1. The fourth-order valence-corrected chi connectivity index (χ4v) is 2.71. The molecule has 0 aliphatic rings. The Bertz CT molecular complexity index is 770. The zero-order valence-corrected chi connectivity index (χ0v) is 14.3. The van der Waals surface area contributed by atoms with Crippen molar-refractivity contribution < 1.29 is 5.11 Å². The molecule has 3 rings (SSSR count). The molecule has 3 aromatic rings. The van der Waals surface area contributed by atoms with Crippen LogP contribution in [0.1, 0.15) is 24.8 Å². The molecular formula is C20H24N4O. The Morgan fingerprint density at radius 1 is 0.960 bits per heavy atom. The number of hydrogen-bond acceptors (Lipinski definition) is 4. The summed E-state index contributed by atoms with van der Waals surface area (Å²) >= 11 is 0. The molecule has 0 amide bonds. The summed E-state index contributed by atoms with van der Waals surface area (Å²) in [4.78, 5) is 0. The lowest BCUT2D eigenvalue weighted by atomic mass is 10.1. The van der Waals surface area contributed by atoms with Crippen LogP contribution in [0.4, 0.5) is 5.69 Å². The van der Waals surface area contributed by atoms with E-state index in [1.807, 2.05) is 41.2 Å². The SMILES string of the molecule is OCCCCCNc1cccc(-c2cn(Cc3ccccc3)nn2)c1. The third-order valence-corrected chi connectivity index (χ3v) is 4.05. The standard InChI is InChI=1S/C20H24N4O/c25-13-6-2-5-12-21-19-11-7-10-18(14-19)20-16-24(23-22-20)15-17-8-3-1-4-9-17/h1,3-4,7-11,14,16,21,25H,2,5-6,12-13,15H2.